The number of carbonyl (C=O) groups is 1. The van der Waals surface area contributed by atoms with E-state index in [4.69, 9.17) is 4.74 Å². The van der Waals surface area contributed by atoms with E-state index < -0.39 is 23.9 Å². The molecule has 1 amide bonds. The van der Waals surface area contributed by atoms with Crippen molar-refractivity contribution in [2.75, 3.05) is 13.1 Å². The zero-order valence-corrected chi connectivity index (χ0v) is 9.43. The van der Waals surface area contributed by atoms with Crippen LogP contribution >= 0.6 is 0 Å². The summed E-state index contributed by atoms with van der Waals surface area (Å²) in [6, 6.07) is 0. The minimum atomic E-state index is -0.665. The first-order valence-corrected chi connectivity index (χ1v) is 5.12. The van der Waals surface area contributed by atoms with E-state index >= 15 is 0 Å². The highest BCUT2D eigenvalue weighted by Gasteiger charge is 2.30. The highest BCUT2D eigenvalue weighted by atomic mass is 16.6. The summed E-state index contributed by atoms with van der Waals surface area (Å²) in [7, 11) is 0. The zero-order valence-electron chi connectivity index (χ0n) is 9.43. The molecule has 0 radical (unpaired) electrons. The molecule has 0 saturated carbocycles. The molecule has 88 valence electrons. The van der Waals surface area contributed by atoms with Gasteiger partial charge in [-0.3, -0.25) is 0 Å². The van der Waals surface area contributed by atoms with Gasteiger partial charge in [-0.2, -0.15) is 0 Å². The van der Waals surface area contributed by atoms with Gasteiger partial charge in [-0.1, -0.05) is 0 Å². The molecular formula is C10H19NO4. The fraction of sp³-hybridized carbons (Fsp3) is 0.900. The third-order valence-electron chi connectivity index (χ3n) is 2.06. The van der Waals surface area contributed by atoms with Crippen LogP contribution in [-0.4, -0.2) is 52.1 Å². The number of likely N-dealkylation sites (tertiary alicyclic amines) is 1. The number of piperidine rings is 1. The van der Waals surface area contributed by atoms with Crippen LogP contribution in [0.4, 0.5) is 4.79 Å². The summed E-state index contributed by atoms with van der Waals surface area (Å²) in [5.74, 6) is 0. The van der Waals surface area contributed by atoms with Crippen molar-refractivity contribution >= 4 is 6.09 Å². The summed E-state index contributed by atoms with van der Waals surface area (Å²) in [6.45, 7) is 5.79. The number of β-amino-alcohol motifs (C(OH)–C–C–N with tert-alkyl or cyclic N) is 2. The van der Waals surface area contributed by atoms with E-state index in [-0.39, 0.29) is 13.1 Å². The smallest absolute Gasteiger partial charge is 0.410 e. The summed E-state index contributed by atoms with van der Waals surface area (Å²) < 4.78 is 5.14. The third-order valence-corrected chi connectivity index (χ3v) is 2.06. The van der Waals surface area contributed by atoms with Crippen molar-refractivity contribution < 1.29 is 19.7 Å². The van der Waals surface area contributed by atoms with E-state index in [2.05, 4.69) is 0 Å². The minimum absolute atomic E-state index is 0.228. The zero-order chi connectivity index (χ0) is 11.6. The van der Waals surface area contributed by atoms with Crippen LogP contribution in [0, 0.1) is 0 Å². The number of hydrogen-bond acceptors (Lipinski definition) is 4. The van der Waals surface area contributed by atoms with Gasteiger partial charge in [0.15, 0.2) is 0 Å². The minimum Gasteiger partial charge on any atom is -0.444 e. The summed E-state index contributed by atoms with van der Waals surface area (Å²) >= 11 is 0. The molecule has 1 saturated heterocycles. The highest BCUT2D eigenvalue weighted by molar-refractivity contribution is 5.68. The van der Waals surface area contributed by atoms with Crippen LogP contribution in [0.2, 0.25) is 0 Å². The van der Waals surface area contributed by atoms with E-state index in [0.29, 0.717) is 6.42 Å². The fourth-order valence-electron chi connectivity index (χ4n) is 1.52. The number of rotatable bonds is 0. The van der Waals surface area contributed by atoms with Gasteiger partial charge in [0.25, 0.3) is 0 Å². The molecule has 0 spiro atoms. The molecule has 0 aliphatic carbocycles. The Morgan fingerprint density at radius 1 is 1.27 bits per heavy atom. The van der Waals surface area contributed by atoms with Gasteiger partial charge >= 0.3 is 6.09 Å². The SMILES string of the molecule is CC(C)(C)OC(=O)N1CC(O)C[C@@H](O)C1. The van der Waals surface area contributed by atoms with Gasteiger partial charge in [-0.25, -0.2) is 4.79 Å². The fourth-order valence-corrected chi connectivity index (χ4v) is 1.52. The number of nitrogens with zero attached hydrogens (tertiary/aromatic N) is 1. The standard InChI is InChI=1S/C10H19NO4/c1-10(2,3)15-9(14)11-5-7(12)4-8(13)6-11/h7-8,12-13H,4-6H2,1-3H3/t7-,8?/m1/s1. The van der Waals surface area contributed by atoms with Crippen LogP contribution in [-0.2, 0) is 4.74 Å². The van der Waals surface area contributed by atoms with Gasteiger partial charge in [0.1, 0.15) is 5.60 Å². The molecule has 1 fully saturated rings. The van der Waals surface area contributed by atoms with Crippen molar-refractivity contribution in [3.8, 4) is 0 Å². The van der Waals surface area contributed by atoms with Crippen molar-refractivity contribution in [2.24, 2.45) is 0 Å². The van der Waals surface area contributed by atoms with Gasteiger partial charge in [-0.15, -0.1) is 0 Å². The molecule has 1 heterocycles. The Bertz CT molecular complexity index is 226. The third kappa shape index (κ3) is 4.05. The molecule has 2 atom stereocenters. The van der Waals surface area contributed by atoms with Gasteiger partial charge in [0, 0.05) is 6.42 Å². The second-order valence-electron chi connectivity index (χ2n) is 4.93. The second-order valence-corrected chi connectivity index (χ2v) is 4.93. The largest absolute Gasteiger partial charge is 0.444 e. The van der Waals surface area contributed by atoms with E-state index in [1.165, 1.54) is 4.90 Å². The molecule has 2 N–H and O–H groups in total. The Balaban J connectivity index is 2.52. The molecule has 0 aromatic rings. The molecule has 1 unspecified atom stereocenters. The summed E-state index contributed by atoms with van der Waals surface area (Å²) in [5.41, 5.74) is -0.551. The monoisotopic (exact) mass is 217 g/mol. The molecular weight excluding hydrogens is 198 g/mol. The molecule has 0 aromatic carbocycles. The quantitative estimate of drug-likeness (QED) is 0.614. The lowest BCUT2D eigenvalue weighted by molar-refractivity contribution is -0.0294. The first kappa shape index (κ1) is 12.3. The molecule has 0 bridgehead atoms. The molecule has 15 heavy (non-hydrogen) atoms. The van der Waals surface area contributed by atoms with Gasteiger partial charge in [0.2, 0.25) is 0 Å². The Morgan fingerprint density at radius 3 is 2.13 bits per heavy atom. The predicted molar refractivity (Wildman–Crippen MR) is 54.4 cm³/mol. The van der Waals surface area contributed by atoms with Crippen LogP contribution in [0.15, 0.2) is 0 Å². The first-order valence-electron chi connectivity index (χ1n) is 5.12. The van der Waals surface area contributed by atoms with Crippen molar-refractivity contribution in [3.05, 3.63) is 0 Å². The molecule has 1 aliphatic heterocycles. The lowest BCUT2D eigenvalue weighted by Gasteiger charge is -2.34. The van der Waals surface area contributed by atoms with Crippen molar-refractivity contribution in [3.63, 3.8) is 0 Å². The Hall–Kier alpha value is -0.810. The second kappa shape index (κ2) is 4.37. The Labute approximate surface area is 89.6 Å². The summed E-state index contributed by atoms with van der Waals surface area (Å²) in [5, 5.41) is 18.8. The number of carbonyl (C=O) groups excluding carboxylic acids is 1. The van der Waals surface area contributed by atoms with E-state index in [0.717, 1.165) is 0 Å². The number of aliphatic hydroxyl groups is 2. The van der Waals surface area contributed by atoms with Crippen LogP contribution in [0.3, 0.4) is 0 Å². The van der Waals surface area contributed by atoms with Crippen LogP contribution in [0.5, 0.6) is 0 Å². The number of aliphatic hydroxyl groups excluding tert-OH is 2. The average molecular weight is 217 g/mol. The highest BCUT2D eigenvalue weighted by Crippen LogP contribution is 2.15. The number of hydrogen-bond donors (Lipinski definition) is 2. The Kier molecular flexibility index (Phi) is 3.57. The molecule has 1 aliphatic rings. The number of amides is 1. The maximum atomic E-state index is 11.6. The van der Waals surface area contributed by atoms with Crippen molar-refractivity contribution in [1.82, 2.24) is 4.90 Å². The lowest BCUT2D eigenvalue weighted by atomic mass is 10.1. The summed E-state index contributed by atoms with van der Waals surface area (Å²) in [4.78, 5) is 12.9. The van der Waals surface area contributed by atoms with Crippen molar-refractivity contribution in [2.45, 2.75) is 45.0 Å². The van der Waals surface area contributed by atoms with Gasteiger partial charge in [-0.05, 0) is 20.8 Å². The maximum Gasteiger partial charge on any atom is 0.410 e. The number of ether oxygens (including phenoxy) is 1. The average Bonchev–Trinajstić information content (AvgIpc) is 1.98. The van der Waals surface area contributed by atoms with Crippen LogP contribution < -0.4 is 0 Å². The molecule has 5 nitrogen and oxygen atoms in total. The topological polar surface area (TPSA) is 70.0 Å². The normalized spacial score (nSPS) is 27.7. The molecule has 1 rings (SSSR count). The van der Waals surface area contributed by atoms with Gasteiger partial charge in [0.05, 0.1) is 25.3 Å². The Morgan fingerprint density at radius 2 is 1.73 bits per heavy atom. The van der Waals surface area contributed by atoms with Gasteiger partial charge < -0.3 is 19.8 Å². The van der Waals surface area contributed by atoms with Crippen molar-refractivity contribution in [1.29, 1.82) is 0 Å². The molecule has 5 heteroatoms. The molecule has 0 aromatic heterocycles. The van der Waals surface area contributed by atoms with Crippen LogP contribution in [0.25, 0.3) is 0 Å². The lowest BCUT2D eigenvalue weighted by Crippen LogP contribution is -2.49. The first-order chi connectivity index (χ1) is 6.78. The van der Waals surface area contributed by atoms with Crippen LogP contribution in [0.1, 0.15) is 27.2 Å². The van der Waals surface area contributed by atoms with E-state index in [1.54, 1.807) is 20.8 Å². The summed E-state index contributed by atoms with van der Waals surface area (Å²) in [6.07, 6.45) is -1.50. The van der Waals surface area contributed by atoms with E-state index in [9.17, 15) is 15.0 Å². The van der Waals surface area contributed by atoms with E-state index in [1.807, 2.05) is 0 Å². The predicted octanol–water partition coefficient (Wildman–Crippen LogP) is 0.349. The maximum absolute atomic E-state index is 11.6.